The van der Waals surface area contributed by atoms with E-state index in [0.717, 1.165) is 25.2 Å². The summed E-state index contributed by atoms with van der Waals surface area (Å²) in [5, 5.41) is 3.30. The standard InChI is InChI=1S/C14H18ClFN2/c1-2-10(6-9-7-13(17)18-8-9)11-4-3-5-12(15)14(11)16/h3-5,7,9-10,18H,2,6,8,17H2,1H3/t9-,10?/m0/s1. The van der Waals surface area contributed by atoms with Gasteiger partial charge in [-0.3, -0.25) is 0 Å². The molecule has 1 aliphatic rings. The summed E-state index contributed by atoms with van der Waals surface area (Å²) in [5.74, 6) is 0.987. The highest BCUT2D eigenvalue weighted by Gasteiger charge is 2.22. The van der Waals surface area contributed by atoms with Gasteiger partial charge in [-0.15, -0.1) is 0 Å². The van der Waals surface area contributed by atoms with Crippen molar-refractivity contribution in [2.24, 2.45) is 11.7 Å². The Morgan fingerprint density at radius 2 is 2.33 bits per heavy atom. The summed E-state index contributed by atoms with van der Waals surface area (Å²) in [6.45, 7) is 2.91. The van der Waals surface area contributed by atoms with Crippen molar-refractivity contribution >= 4 is 11.6 Å². The molecule has 2 rings (SSSR count). The molecule has 0 spiro atoms. The molecule has 4 heteroatoms. The first-order chi connectivity index (χ1) is 8.61. The second-order valence-corrected chi connectivity index (χ2v) is 5.15. The Balaban J connectivity index is 2.15. The van der Waals surface area contributed by atoms with Crippen LogP contribution in [0.15, 0.2) is 30.1 Å². The molecule has 0 saturated heterocycles. The maximum Gasteiger partial charge on any atom is 0.145 e. The minimum atomic E-state index is -0.283. The monoisotopic (exact) mass is 268 g/mol. The minimum Gasteiger partial charge on any atom is -0.386 e. The molecule has 18 heavy (non-hydrogen) atoms. The fourth-order valence-electron chi connectivity index (χ4n) is 2.49. The Hall–Kier alpha value is -1.22. The van der Waals surface area contributed by atoms with Crippen LogP contribution in [0.3, 0.4) is 0 Å². The van der Waals surface area contributed by atoms with E-state index in [9.17, 15) is 4.39 Å². The number of halogens is 2. The molecule has 0 bridgehead atoms. The molecule has 1 aromatic carbocycles. The van der Waals surface area contributed by atoms with Gasteiger partial charge in [-0.05, 0) is 42.4 Å². The number of hydrogen-bond acceptors (Lipinski definition) is 2. The van der Waals surface area contributed by atoms with Crippen molar-refractivity contribution in [1.29, 1.82) is 0 Å². The van der Waals surface area contributed by atoms with Crippen LogP contribution in [-0.2, 0) is 0 Å². The van der Waals surface area contributed by atoms with E-state index in [0.29, 0.717) is 11.5 Å². The van der Waals surface area contributed by atoms with Crippen LogP contribution in [0, 0.1) is 11.7 Å². The molecule has 3 N–H and O–H groups in total. The van der Waals surface area contributed by atoms with Gasteiger partial charge < -0.3 is 11.1 Å². The zero-order valence-corrected chi connectivity index (χ0v) is 11.2. The lowest BCUT2D eigenvalue weighted by Crippen LogP contribution is -2.17. The average molecular weight is 269 g/mol. The van der Waals surface area contributed by atoms with E-state index < -0.39 is 0 Å². The van der Waals surface area contributed by atoms with Crippen LogP contribution in [0.5, 0.6) is 0 Å². The van der Waals surface area contributed by atoms with Crippen LogP contribution < -0.4 is 11.1 Å². The minimum absolute atomic E-state index is 0.178. The van der Waals surface area contributed by atoms with E-state index in [-0.39, 0.29) is 16.8 Å². The van der Waals surface area contributed by atoms with Gasteiger partial charge in [0.15, 0.2) is 0 Å². The maximum absolute atomic E-state index is 14.0. The largest absolute Gasteiger partial charge is 0.386 e. The van der Waals surface area contributed by atoms with Crippen molar-refractivity contribution in [3.63, 3.8) is 0 Å². The quantitative estimate of drug-likeness (QED) is 0.879. The Morgan fingerprint density at radius 1 is 1.56 bits per heavy atom. The highest BCUT2D eigenvalue weighted by molar-refractivity contribution is 6.30. The molecule has 98 valence electrons. The fourth-order valence-corrected chi connectivity index (χ4v) is 2.67. The third-order valence-electron chi connectivity index (χ3n) is 3.48. The van der Waals surface area contributed by atoms with Crippen molar-refractivity contribution < 1.29 is 4.39 Å². The number of rotatable bonds is 4. The first kappa shape index (κ1) is 13.2. The molecule has 0 aliphatic carbocycles. The molecule has 1 heterocycles. The van der Waals surface area contributed by atoms with Crippen LogP contribution in [0.4, 0.5) is 4.39 Å². The second kappa shape index (κ2) is 5.61. The summed E-state index contributed by atoms with van der Waals surface area (Å²) >= 11 is 5.84. The van der Waals surface area contributed by atoms with Crippen LogP contribution in [0.2, 0.25) is 5.02 Å². The van der Waals surface area contributed by atoms with Crippen LogP contribution >= 0.6 is 11.6 Å². The van der Waals surface area contributed by atoms with Crippen molar-refractivity contribution in [2.75, 3.05) is 6.54 Å². The van der Waals surface area contributed by atoms with Gasteiger partial charge in [-0.25, -0.2) is 4.39 Å². The smallest absolute Gasteiger partial charge is 0.145 e. The topological polar surface area (TPSA) is 38.0 Å². The SMILES string of the molecule is CCC(C[C@H]1C=C(N)NC1)c1cccc(Cl)c1F. The van der Waals surface area contributed by atoms with E-state index in [1.807, 2.05) is 12.1 Å². The predicted molar refractivity (Wildman–Crippen MR) is 72.8 cm³/mol. The molecule has 0 fully saturated rings. The number of nitrogens with two attached hydrogens (primary N) is 1. The van der Waals surface area contributed by atoms with E-state index >= 15 is 0 Å². The maximum atomic E-state index is 14.0. The molecule has 0 aromatic heterocycles. The van der Waals surface area contributed by atoms with Gasteiger partial charge in [-0.2, -0.15) is 0 Å². The van der Waals surface area contributed by atoms with E-state index in [1.54, 1.807) is 12.1 Å². The molecule has 0 amide bonds. The summed E-state index contributed by atoms with van der Waals surface area (Å²) in [7, 11) is 0. The third kappa shape index (κ3) is 2.78. The summed E-state index contributed by atoms with van der Waals surface area (Å²) in [6.07, 6.45) is 3.80. The van der Waals surface area contributed by atoms with E-state index in [2.05, 4.69) is 12.2 Å². The van der Waals surface area contributed by atoms with Crippen LogP contribution in [0.1, 0.15) is 31.2 Å². The first-order valence-corrected chi connectivity index (χ1v) is 6.64. The molecule has 1 aliphatic heterocycles. The van der Waals surface area contributed by atoms with Gasteiger partial charge >= 0.3 is 0 Å². The average Bonchev–Trinajstić information content (AvgIpc) is 2.76. The second-order valence-electron chi connectivity index (χ2n) is 4.75. The van der Waals surface area contributed by atoms with Crippen molar-refractivity contribution in [1.82, 2.24) is 5.32 Å². The molecule has 2 nitrogen and oxygen atoms in total. The molecule has 1 aromatic rings. The zero-order chi connectivity index (χ0) is 13.1. The highest BCUT2D eigenvalue weighted by Crippen LogP contribution is 2.32. The van der Waals surface area contributed by atoms with E-state index in [4.69, 9.17) is 17.3 Å². The predicted octanol–water partition coefficient (Wildman–Crippen LogP) is 3.38. The van der Waals surface area contributed by atoms with Gasteiger partial charge in [0.05, 0.1) is 10.8 Å². The molecule has 2 atom stereocenters. The van der Waals surface area contributed by atoms with Crippen LogP contribution in [-0.4, -0.2) is 6.54 Å². The van der Waals surface area contributed by atoms with Gasteiger partial charge in [0.25, 0.3) is 0 Å². The van der Waals surface area contributed by atoms with Gasteiger partial charge in [-0.1, -0.05) is 30.7 Å². The first-order valence-electron chi connectivity index (χ1n) is 6.26. The van der Waals surface area contributed by atoms with Crippen LogP contribution in [0.25, 0.3) is 0 Å². The third-order valence-corrected chi connectivity index (χ3v) is 3.78. The van der Waals surface area contributed by atoms with Crippen molar-refractivity contribution in [2.45, 2.75) is 25.7 Å². The Morgan fingerprint density at radius 3 is 2.94 bits per heavy atom. The molecule has 0 radical (unpaired) electrons. The summed E-state index contributed by atoms with van der Waals surface area (Å²) in [6, 6.07) is 5.22. The number of nitrogens with one attached hydrogen (secondary N) is 1. The van der Waals surface area contributed by atoms with Gasteiger partial charge in [0.1, 0.15) is 5.82 Å². The summed E-state index contributed by atoms with van der Waals surface area (Å²) in [5.41, 5.74) is 6.40. The Bertz CT molecular complexity index is 459. The summed E-state index contributed by atoms with van der Waals surface area (Å²) < 4.78 is 14.0. The lowest BCUT2D eigenvalue weighted by molar-refractivity contribution is 0.481. The fraction of sp³-hybridized carbons (Fsp3) is 0.429. The Labute approximate surface area is 112 Å². The van der Waals surface area contributed by atoms with Gasteiger partial charge in [0.2, 0.25) is 0 Å². The zero-order valence-electron chi connectivity index (χ0n) is 10.4. The molecular formula is C14H18ClFN2. The molecule has 0 saturated carbocycles. The molecular weight excluding hydrogens is 251 g/mol. The number of benzene rings is 1. The van der Waals surface area contributed by atoms with Crippen molar-refractivity contribution in [3.8, 4) is 0 Å². The summed E-state index contributed by atoms with van der Waals surface area (Å²) in [4.78, 5) is 0. The number of hydrogen-bond donors (Lipinski definition) is 2. The van der Waals surface area contributed by atoms with Gasteiger partial charge in [0, 0.05) is 6.54 Å². The highest BCUT2D eigenvalue weighted by atomic mass is 35.5. The van der Waals surface area contributed by atoms with E-state index in [1.165, 1.54) is 0 Å². The Kier molecular flexibility index (Phi) is 4.12. The lowest BCUT2D eigenvalue weighted by Gasteiger charge is -2.19. The normalized spacial score (nSPS) is 20.4. The lowest BCUT2D eigenvalue weighted by atomic mass is 9.87. The van der Waals surface area contributed by atoms with Crippen molar-refractivity contribution in [3.05, 3.63) is 46.5 Å². The molecule has 1 unspecified atom stereocenters.